The molecule has 0 fully saturated rings. The van der Waals surface area contributed by atoms with Crippen molar-refractivity contribution in [2.24, 2.45) is 0 Å². The van der Waals surface area contributed by atoms with Crippen LogP contribution in [0.5, 0.6) is 5.75 Å². The number of ether oxygens (including phenoxy) is 1. The molecule has 0 aliphatic heterocycles. The minimum absolute atomic E-state index is 0.286. The predicted molar refractivity (Wildman–Crippen MR) is 104 cm³/mol. The summed E-state index contributed by atoms with van der Waals surface area (Å²) in [7, 11) is 0. The van der Waals surface area contributed by atoms with E-state index in [9.17, 15) is 0 Å². The van der Waals surface area contributed by atoms with Crippen molar-refractivity contribution < 1.29 is 9.15 Å². The number of hydrogen-bond donors (Lipinski definition) is 1. The van der Waals surface area contributed by atoms with Crippen molar-refractivity contribution in [1.29, 1.82) is 0 Å². The van der Waals surface area contributed by atoms with E-state index in [2.05, 4.69) is 5.32 Å². The Labute approximate surface area is 161 Å². The Bertz CT molecular complexity index is 845. The summed E-state index contributed by atoms with van der Waals surface area (Å²) >= 11 is 17.7. The van der Waals surface area contributed by atoms with Gasteiger partial charge in [-0.15, -0.1) is 0 Å². The van der Waals surface area contributed by atoms with Crippen LogP contribution in [0.1, 0.15) is 16.9 Å². The molecule has 0 aliphatic rings. The Balaban J connectivity index is 1.64. The lowest BCUT2D eigenvalue weighted by atomic mass is 10.2. The van der Waals surface area contributed by atoms with E-state index >= 15 is 0 Å². The Hall–Kier alpha value is -2.01. The van der Waals surface area contributed by atoms with Crippen LogP contribution in [0.3, 0.4) is 0 Å². The Morgan fingerprint density at radius 1 is 1.04 bits per heavy atom. The molecular weight excluding hydrogens is 377 g/mol. The Morgan fingerprint density at radius 3 is 2.52 bits per heavy atom. The first-order chi connectivity index (χ1) is 12.1. The molecule has 0 unspecified atom stereocenters. The van der Waals surface area contributed by atoms with Crippen molar-refractivity contribution in [3.05, 3.63) is 87.8 Å². The zero-order valence-corrected chi connectivity index (χ0v) is 15.5. The molecule has 0 aliphatic carbocycles. The van der Waals surface area contributed by atoms with Crippen molar-refractivity contribution in [2.75, 3.05) is 0 Å². The number of nitrogens with one attached hydrogen (secondary N) is 1. The van der Waals surface area contributed by atoms with Crippen LogP contribution in [0.25, 0.3) is 0 Å². The van der Waals surface area contributed by atoms with Gasteiger partial charge in [-0.25, -0.2) is 0 Å². The van der Waals surface area contributed by atoms with Gasteiger partial charge in [-0.3, -0.25) is 0 Å². The third kappa shape index (κ3) is 4.75. The first-order valence-corrected chi connectivity index (χ1v) is 8.76. The highest BCUT2D eigenvalue weighted by Gasteiger charge is 2.08. The van der Waals surface area contributed by atoms with Gasteiger partial charge in [0.05, 0.1) is 12.8 Å². The summed E-state index contributed by atoms with van der Waals surface area (Å²) in [6, 6.07) is 16.7. The molecule has 0 bridgehead atoms. The van der Waals surface area contributed by atoms with Gasteiger partial charge in [0, 0.05) is 21.2 Å². The third-order valence-corrected chi connectivity index (χ3v) is 4.63. The molecule has 25 heavy (non-hydrogen) atoms. The van der Waals surface area contributed by atoms with E-state index in [0.29, 0.717) is 27.3 Å². The van der Waals surface area contributed by atoms with Gasteiger partial charge in [0.15, 0.2) is 0 Å². The van der Waals surface area contributed by atoms with Gasteiger partial charge in [0.25, 0.3) is 0 Å². The molecule has 6 heteroatoms. The number of halogens is 2. The predicted octanol–water partition coefficient (Wildman–Crippen LogP) is 5.63. The highest BCUT2D eigenvalue weighted by Crippen LogP contribution is 2.26. The van der Waals surface area contributed by atoms with Gasteiger partial charge in [-0.2, -0.15) is 0 Å². The van der Waals surface area contributed by atoms with Crippen LogP contribution in [0.2, 0.25) is 10.0 Å². The SMILES string of the molecule is S=C(NCc1ccco1)c1cccc(OCc2c(Cl)cccc2Cl)c1. The van der Waals surface area contributed by atoms with Crippen molar-refractivity contribution in [2.45, 2.75) is 13.2 Å². The molecule has 0 saturated carbocycles. The molecule has 1 heterocycles. The molecule has 0 atom stereocenters. The Kier molecular flexibility index (Phi) is 5.97. The summed E-state index contributed by atoms with van der Waals surface area (Å²) in [6.45, 7) is 0.820. The quantitative estimate of drug-likeness (QED) is 0.552. The minimum Gasteiger partial charge on any atom is -0.489 e. The average molecular weight is 392 g/mol. The number of rotatable bonds is 6. The lowest BCUT2D eigenvalue weighted by molar-refractivity contribution is 0.306. The standard InChI is InChI=1S/C19H15Cl2NO2S/c20-17-7-2-8-18(21)16(17)12-24-14-5-1-4-13(10-14)19(25)22-11-15-6-3-9-23-15/h1-10H,11-12H2,(H,22,25). The molecule has 1 aromatic heterocycles. The molecule has 3 aromatic rings. The normalized spacial score (nSPS) is 10.5. The van der Waals surface area contributed by atoms with E-state index in [1.54, 1.807) is 24.5 Å². The number of benzene rings is 2. The summed E-state index contributed by atoms with van der Waals surface area (Å²) in [5.41, 5.74) is 1.62. The minimum atomic E-state index is 0.286. The van der Waals surface area contributed by atoms with Crippen LogP contribution in [0, 0.1) is 0 Å². The summed E-state index contributed by atoms with van der Waals surface area (Å²) < 4.78 is 11.1. The molecule has 128 valence electrons. The van der Waals surface area contributed by atoms with Crippen molar-refractivity contribution in [3.8, 4) is 5.75 Å². The highest BCUT2D eigenvalue weighted by molar-refractivity contribution is 7.80. The van der Waals surface area contributed by atoms with Crippen LogP contribution in [-0.2, 0) is 13.2 Å². The van der Waals surface area contributed by atoms with Gasteiger partial charge in [0.2, 0.25) is 0 Å². The molecule has 3 nitrogen and oxygen atoms in total. The summed E-state index contributed by atoms with van der Waals surface area (Å²) in [5, 5.41) is 4.33. The van der Waals surface area contributed by atoms with Crippen LogP contribution >= 0.6 is 35.4 Å². The van der Waals surface area contributed by atoms with Gasteiger partial charge in [-0.1, -0.05) is 53.6 Å². The van der Waals surface area contributed by atoms with Crippen LogP contribution in [0.4, 0.5) is 0 Å². The maximum Gasteiger partial charge on any atom is 0.122 e. The Morgan fingerprint density at radius 2 is 1.80 bits per heavy atom. The highest BCUT2D eigenvalue weighted by atomic mass is 35.5. The fraction of sp³-hybridized carbons (Fsp3) is 0.105. The lowest BCUT2D eigenvalue weighted by Crippen LogP contribution is -2.21. The van der Waals surface area contributed by atoms with Gasteiger partial charge < -0.3 is 14.5 Å². The number of hydrogen-bond acceptors (Lipinski definition) is 3. The van der Waals surface area contributed by atoms with Gasteiger partial charge in [0.1, 0.15) is 23.1 Å². The number of furan rings is 1. The fourth-order valence-electron chi connectivity index (χ4n) is 2.24. The van der Waals surface area contributed by atoms with Gasteiger partial charge in [-0.05, 0) is 36.4 Å². The van der Waals surface area contributed by atoms with Crippen molar-refractivity contribution >= 4 is 40.4 Å². The zero-order chi connectivity index (χ0) is 17.6. The molecule has 1 N–H and O–H groups in total. The first-order valence-electron chi connectivity index (χ1n) is 7.60. The van der Waals surface area contributed by atoms with Crippen molar-refractivity contribution in [1.82, 2.24) is 5.32 Å². The molecule has 0 radical (unpaired) electrons. The smallest absolute Gasteiger partial charge is 0.122 e. The second-order valence-corrected chi connectivity index (χ2v) is 6.50. The van der Waals surface area contributed by atoms with E-state index in [1.807, 2.05) is 36.4 Å². The van der Waals surface area contributed by atoms with Crippen LogP contribution in [-0.4, -0.2) is 4.99 Å². The first kappa shape index (κ1) is 17.8. The second-order valence-electron chi connectivity index (χ2n) is 5.28. The summed E-state index contributed by atoms with van der Waals surface area (Å²) in [4.78, 5) is 0.623. The average Bonchev–Trinajstić information content (AvgIpc) is 3.13. The fourth-order valence-corrected chi connectivity index (χ4v) is 2.94. The second kappa shape index (κ2) is 8.39. The molecule has 0 amide bonds. The van der Waals surface area contributed by atoms with Crippen LogP contribution < -0.4 is 10.1 Å². The van der Waals surface area contributed by atoms with E-state index in [0.717, 1.165) is 16.9 Å². The summed E-state index contributed by atoms with van der Waals surface area (Å²) in [5.74, 6) is 1.51. The van der Waals surface area contributed by atoms with E-state index in [1.165, 1.54) is 0 Å². The molecule has 3 rings (SSSR count). The van der Waals surface area contributed by atoms with Crippen molar-refractivity contribution in [3.63, 3.8) is 0 Å². The largest absolute Gasteiger partial charge is 0.489 e. The topological polar surface area (TPSA) is 34.4 Å². The van der Waals surface area contributed by atoms with Crippen LogP contribution in [0.15, 0.2) is 65.3 Å². The maximum atomic E-state index is 6.16. The molecule has 0 saturated heterocycles. The third-order valence-electron chi connectivity index (χ3n) is 3.54. The monoisotopic (exact) mass is 391 g/mol. The molecule has 2 aromatic carbocycles. The van der Waals surface area contributed by atoms with E-state index in [4.69, 9.17) is 44.6 Å². The zero-order valence-electron chi connectivity index (χ0n) is 13.2. The maximum absolute atomic E-state index is 6.16. The van der Waals surface area contributed by atoms with E-state index in [-0.39, 0.29) is 6.61 Å². The number of thiocarbonyl (C=S) groups is 1. The van der Waals surface area contributed by atoms with E-state index < -0.39 is 0 Å². The lowest BCUT2D eigenvalue weighted by Gasteiger charge is -2.11. The summed E-state index contributed by atoms with van der Waals surface area (Å²) in [6.07, 6.45) is 1.63. The van der Waals surface area contributed by atoms with Gasteiger partial charge >= 0.3 is 0 Å². The molecule has 0 spiro atoms. The molecular formula is C19H15Cl2NO2S.